The van der Waals surface area contributed by atoms with Crippen LogP contribution in [0, 0.1) is 5.82 Å². The van der Waals surface area contributed by atoms with Gasteiger partial charge in [0.15, 0.2) is 0 Å². The van der Waals surface area contributed by atoms with E-state index in [0.717, 1.165) is 0 Å². The summed E-state index contributed by atoms with van der Waals surface area (Å²) in [6.45, 7) is 0. The highest BCUT2D eigenvalue weighted by Crippen LogP contribution is 2.29. The molecule has 0 saturated heterocycles. The first-order chi connectivity index (χ1) is 8.70. The fourth-order valence-electron chi connectivity index (χ4n) is 1.83. The van der Waals surface area contributed by atoms with Gasteiger partial charge in [-0.25, -0.2) is 14.6 Å². The predicted octanol–water partition coefficient (Wildman–Crippen LogP) is 1.92. The number of rotatable bonds is 1. The van der Waals surface area contributed by atoms with Gasteiger partial charge in [0, 0.05) is 12.0 Å². The Kier molecular flexibility index (Phi) is 3.76. The van der Waals surface area contributed by atoms with E-state index in [2.05, 4.69) is 20.6 Å². The summed E-state index contributed by atoms with van der Waals surface area (Å²) in [6, 6.07) is 6.37. The molecule has 2 rings (SSSR count). The number of amidine groups is 1. The summed E-state index contributed by atoms with van der Waals surface area (Å²) in [7, 11) is 1.27. The molecule has 0 spiro atoms. The quantitative estimate of drug-likeness (QED) is 0.749. The number of carbonyl (C=O) groups excluding carboxylic acids is 1. The topological polar surface area (TPSA) is 62.7 Å². The Morgan fingerprint density at radius 3 is 3.00 bits per heavy atom. The molecule has 1 aromatic rings. The zero-order valence-electron chi connectivity index (χ0n) is 9.94. The van der Waals surface area contributed by atoms with Crippen LogP contribution in [0.2, 0.25) is 0 Å². The monoisotopic (exact) mass is 251 g/mol. The van der Waals surface area contributed by atoms with Crippen LogP contribution in [0.5, 0.6) is 0 Å². The summed E-state index contributed by atoms with van der Waals surface area (Å²) in [5, 5.41) is 0. The molecular formula is C12H14FN3O2. The molecule has 1 aliphatic rings. The number of nitrogens with one attached hydrogen (secondary N) is 2. The van der Waals surface area contributed by atoms with Crippen molar-refractivity contribution < 1.29 is 13.9 Å². The minimum absolute atomic E-state index is 0.201. The van der Waals surface area contributed by atoms with Gasteiger partial charge in [0.25, 0.3) is 0 Å². The molecular weight excluding hydrogens is 237 g/mol. The second-order valence-corrected chi connectivity index (χ2v) is 3.89. The van der Waals surface area contributed by atoms with E-state index in [-0.39, 0.29) is 11.9 Å². The average Bonchev–Trinajstić information content (AvgIpc) is 2.85. The minimum Gasteiger partial charge on any atom is -0.452 e. The van der Waals surface area contributed by atoms with Gasteiger partial charge in [-0.3, -0.25) is 10.4 Å². The van der Waals surface area contributed by atoms with E-state index in [1.54, 1.807) is 18.2 Å². The van der Waals surface area contributed by atoms with Crippen molar-refractivity contribution in [2.75, 3.05) is 7.11 Å². The average molecular weight is 251 g/mol. The number of carbonyl (C=O) groups is 1. The number of hydrogen-bond acceptors (Lipinski definition) is 4. The Balaban J connectivity index is 2.00. The summed E-state index contributed by atoms with van der Waals surface area (Å²) in [6.07, 6.45) is 0.779. The van der Waals surface area contributed by atoms with Gasteiger partial charge in [0.2, 0.25) is 0 Å². The highest BCUT2D eigenvalue weighted by Gasteiger charge is 2.21. The van der Waals surface area contributed by atoms with Crippen LogP contribution >= 0.6 is 0 Å². The van der Waals surface area contributed by atoms with E-state index >= 15 is 0 Å². The number of aliphatic imine (C=N–C) groups is 1. The van der Waals surface area contributed by atoms with Crippen LogP contribution in [0.3, 0.4) is 0 Å². The van der Waals surface area contributed by atoms with Crippen LogP contribution in [0.15, 0.2) is 29.3 Å². The highest BCUT2D eigenvalue weighted by atomic mass is 19.1. The van der Waals surface area contributed by atoms with Gasteiger partial charge < -0.3 is 4.74 Å². The van der Waals surface area contributed by atoms with Crippen LogP contribution in [0.25, 0.3) is 0 Å². The van der Waals surface area contributed by atoms with Gasteiger partial charge in [-0.15, -0.1) is 0 Å². The third-order valence-corrected chi connectivity index (χ3v) is 2.72. The Hall–Kier alpha value is -2.11. The summed E-state index contributed by atoms with van der Waals surface area (Å²) >= 11 is 0. The number of ether oxygens (including phenoxy) is 1. The van der Waals surface area contributed by atoms with Crippen molar-refractivity contribution in [2.45, 2.75) is 18.9 Å². The van der Waals surface area contributed by atoms with Crippen molar-refractivity contribution in [3.8, 4) is 0 Å². The third-order valence-electron chi connectivity index (χ3n) is 2.72. The molecule has 2 N–H and O–H groups in total. The molecule has 0 saturated carbocycles. The van der Waals surface area contributed by atoms with Gasteiger partial charge in [-0.1, -0.05) is 18.2 Å². The first kappa shape index (κ1) is 12.3. The van der Waals surface area contributed by atoms with Gasteiger partial charge in [0.1, 0.15) is 11.7 Å². The molecule has 18 heavy (non-hydrogen) atoms. The lowest BCUT2D eigenvalue weighted by Gasteiger charge is -2.07. The van der Waals surface area contributed by atoms with Crippen LogP contribution < -0.4 is 10.9 Å². The van der Waals surface area contributed by atoms with Crippen LogP contribution in [0.4, 0.5) is 9.18 Å². The van der Waals surface area contributed by atoms with Gasteiger partial charge in [-0.2, -0.15) is 0 Å². The first-order valence-electron chi connectivity index (χ1n) is 5.62. The fraction of sp³-hybridized carbons (Fsp3) is 0.333. The maximum atomic E-state index is 13.6. The lowest BCUT2D eigenvalue weighted by atomic mass is 10.0. The van der Waals surface area contributed by atoms with E-state index in [1.165, 1.54) is 13.2 Å². The minimum atomic E-state index is -0.591. The number of methoxy groups -OCH3 is 1. The largest absolute Gasteiger partial charge is 0.452 e. The molecule has 0 radical (unpaired) electrons. The van der Waals surface area contributed by atoms with E-state index in [0.29, 0.717) is 24.2 Å². The number of amides is 1. The summed E-state index contributed by atoms with van der Waals surface area (Å²) in [4.78, 5) is 15.2. The standard InChI is InChI=1S/C12H14FN3O2/c1-18-12(17)16-15-11-7-6-10(14-11)8-4-2-3-5-9(8)13/h2-5,10H,6-7H2,1H3,(H,14,15)(H,16,17). The van der Waals surface area contributed by atoms with Crippen LogP contribution in [-0.4, -0.2) is 19.0 Å². The smallest absolute Gasteiger partial charge is 0.425 e. The summed E-state index contributed by atoms with van der Waals surface area (Å²) in [5.41, 5.74) is 5.56. The van der Waals surface area contributed by atoms with Crippen molar-refractivity contribution in [1.82, 2.24) is 10.9 Å². The number of hydrazine groups is 1. The van der Waals surface area contributed by atoms with Crippen molar-refractivity contribution in [3.63, 3.8) is 0 Å². The molecule has 1 unspecified atom stereocenters. The predicted molar refractivity (Wildman–Crippen MR) is 64.5 cm³/mol. The number of hydrogen-bond donors (Lipinski definition) is 2. The number of benzene rings is 1. The lowest BCUT2D eigenvalue weighted by molar-refractivity contribution is 0.168. The third kappa shape index (κ3) is 2.77. The Bertz CT molecular complexity index is 476. The maximum absolute atomic E-state index is 13.6. The molecule has 6 heteroatoms. The zero-order valence-corrected chi connectivity index (χ0v) is 9.94. The fourth-order valence-corrected chi connectivity index (χ4v) is 1.83. The van der Waals surface area contributed by atoms with Crippen LogP contribution in [-0.2, 0) is 4.74 Å². The van der Waals surface area contributed by atoms with Crippen molar-refractivity contribution >= 4 is 11.9 Å². The molecule has 96 valence electrons. The van der Waals surface area contributed by atoms with Crippen molar-refractivity contribution in [3.05, 3.63) is 35.6 Å². The Morgan fingerprint density at radius 2 is 2.28 bits per heavy atom. The molecule has 5 nitrogen and oxygen atoms in total. The second-order valence-electron chi connectivity index (χ2n) is 3.89. The summed E-state index contributed by atoms with van der Waals surface area (Å²) < 4.78 is 18.0. The molecule has 0 fully saturated rings. The van der Waals surface area contributed by atoms with E-state index in [9.17, 15) is 9.18 Å². The normalized spacial score (nSPS) is 18.1. The first-order valence-corrected chi connectivity index (χ1v) is 5.62. The lowest BCUT2D eigenvalue weighted by Crippen LogP contribution is -2.40. The number of nitrogens with zero attached hydrogens (tertiary/aromatic N) is 1. The van der Waals surface area contributed by atoms with Crippen molar-refractivity contribution in [1.29, 1.82) is 0 Å². The SMILES string of the molecule is COC(=O)NNC1=NC(c2ccccc2F)CC1. The molecule has 1 atom stereocenters. The molecule has 0 aliphatic carbocycles. The van der Waals surface area contributed by atoms with Crippen LogP contribution in [0.1, 0.15) is 24.4 Å². The summed E-state index contributed by atoms with van der Waals surface area (Å²) in [5.74, 6) is 0.363. The molecule has 0 aromatic heterocycles. The van der Waals surface area contributed by atoms with E-state index in [1.807, 2.05) is 0 Å². The maximum Gasteiger partial charge on any atom is 0.425 e. The molecule has 1 aromatic carbocycles. The molecule has 0 bridgehead atoms. The Morgan fingerprint density at radius 1 is 1.50 bits per heavy atom. The van der Waals surface area contributed by atoms with Gasteiger partial charge >= 0.3 is 6.09 Å². The molecule has 1 aliphatic heterocycles. The molecule has 1 heterocycles. The van der Waals surface area contributed by atoms with E-state index < -0.39 is 6.09 Å². The van der Waals surface area contributed by atoms with Gasteiger partial charge in [0.05, 0.1) is 13.2 Å². The van der Waals surface area contributed by atoms with Gasteiger partial charge in [-0.05, 0) is 12.5 Å². The van der Waals surface area contributed by atoms with E-state index in [4.69, 9.17) is 0 Å². The number of halogens is 1. The Labute approximate surface area is 104 Å². The van der Waals surface area contributed by atoms with Crippen molar-refractivity contribution in [2.24, 2.45) is 4.99 Å². The molecule has 1 amide bonds. The second kappa shape index (κ2) is 5.48. The zero-order chi connectivity index (χ0) is 13.0. The highest BCUT2D eigenvalue weighted by molar-refractivity contribution is 5.85.